The summed E-state index contributed by atoms with van der Waals surface area (Å²) >= 11 is 3.45. The van der Waals surface area contributed by atoms with E-state index >= 15 is 0 Å². The predicted molar refractivity (Wildman–Crippen MR) is 46.7 cm³/mol. The molecule has 2 aliphatic rings. The maximum atomic E-state index is 11.6. The molecular weight excluding hydrogens is 206 g/mol. The summed E-state index contributed by atoms with van der Waals surface area (Å²) in [5, 5.41) is 0. The monoisotopic (exact) mass is 217 g/mol. The molecule has 2 rings (SSSR count). The summed E-state index contributed by atoms with van der Waals surface area (Å²) in [6.45, 7) is 2.92. The zero-order chi connectivity index (χ0) is 8.06. The van der Waals surface area contributed by atoms with Crippen LogP contribution in [0.25, 0.3) is 0 Å². The minimum absolute atomic E-state index is 0.254. The zero-order valence-electron chi connectivity index (χ0n) is 6.64. The molecule has 1 amide bonds. The first-order valence-electron chi connectivity index (χ1n) is 4.11. The number of amides is 1. The standard InChI is InChI=1S/C8H12BrNO/c1-8(9)4-5-10(7(8)11)6-2-3-6/h6H,2-5H2,1H3. The van der Waals surface area contributed by atoms with Crippen molar-refractivity contribution in [3.05, 3.63) is 0 Å². The predicted octanol–water partition coefficient (Wildman–Crippen LogP) is 1.53. The molecule has 1 aliphatic carbocycles. The number of alkyl halides is 1. The van der Waals surface area contributed by atoms with Gasteiger partial charge < -0.3 is 4.90 Å². The molecular formula is C8H12BrNO. The first kappa shape index (κ1) is 7.59. The lowest BCUT2D eigenvalue weighted by Crippen LogP contribution is -2.34. The molecule has 0 spiro atoms. The van der Waals surface area contributed by atoms with Gasteiger partial charge in [0, 0.05) is 12.6 Å². The molecule has 0 aromatic carbocycles. The van der Waals surface area contributed by atoms with Gasteiger partial charge in [-0.2, -0.15) is 0 Å². The number of carbonyl (C=O) groups is 1. The van der Waals surface area contributed by atoms with Crippen LogP contribution in [0.15, 0.2) is 0 Å². The number of hydrogen-bond acceptors (Lipinski definition) is 1. The van der Waals surface area contributed by atoms with E-state index in [0.29, 0.717) is 11.9 Å². The molecule has 1 atom stereocenters. The average molecular weight is 218 g/mol. The van der Waals surface area contributed by atoms with E-state index in [1.54, 1.807) is 0 Å². The van der Waals surface area contributed by atoms with E-state index in [4.69, 9.17) is 0 Å². The van der Waals surface area contributed by atoms with Crippen molar-refractivity contribution in [1.82, 2.24) is 4.90 Å². The lowest BCUT2D eigenvalue weighted by Gasteiger charge is -2.17. The highest BCUT2D eigenvalue weighted by Gasteiger charge is 2.45. The van der Waals surface area contributed by atoms with Gasteiger partial charge in [-0.3, -0.25) is 4.79 Å². The third-order valence-corrected chi connectivity index (χ3v) is 3.25. The average Bonchev–Trinajstić information content (AvgIpc) is 2.67. The summed E-state index contributed by atoms with van der Waals surface area (Å²) in [6, 6.07) is 0.585. The van der Waals surface area contributed by atoms with E-state index in [0.717, 1.165) is 13.0 Å². The molecule has 2 nitrogen and oxygen atoms in total. The Bertz CT molecular complexity index is 198. The van der Waals surface area contributed by atoms with Crippen LogP contribution in [0, 0.1) is 0 Å². The van der Waals surface area contributed by atoms with Gasteiger partial charge in [-0.25, -0.2) is 0 Å². The molecule has 0 radical (unpaired) electrons. The number of nitrogens with zero attached hydrogens (tertiary/aromatic N) is 1. The van der Waals surface area contributed by atoms with Crippen molar-refractivity contribution in [3.8, 4) is 0 Å². The highest BCUT2D eigenvalue weighted by Crippen LogP contribution is 2.38. The molecule has 0 bridgehead atoms. The Kier molecular flexibility index (Phi) is 1.53. The van der Waals surface area contributed by atoms with E-state index in [2.05, 4.69) is 15.9 Å². The van der Waals surface area contributed by atoms with Gasteiger partial charge in [-0.1, -0.05) is 15.9 Å². The van der Waals surface area contributed by atoms with Gasteiger partial charge in [0.15, 0.2) is 0 Å². The minimum atomic E-state index is -0.254. The highest BCUT2D eigenvalue weighted by molar-refractivity contribution is 9.10. The lowest BCUT2D eigenvalue weighted by atomic mass is 10.1. The van der Waals surface area contributed by atoms with Crippen LogP contribution >= 0.6 is 15.9 Å². The second kappa shape index (κ2) is 2.22. The Labute approximate surface area is 75.1 Å². The van der Waals surface area contributed by atoms with E-state index < -0.39 is 0 Å². The number of halogens is 1. The van der Waals surface area contributed by atoms with Gasteiger partial charge in [-0.15, -0.1) is 0 Å². The molecule has 1 saturated carbocycles. The van der Waals surface area contributed by atoms with E-state index in [-0.39, 0.29) is 4.32 Å². The zero-order valence-corrected chi connectivity index (χ0v) is 8.23. The summed E-state index contributed by atoms with van der Waals surface area (Å²) in [6.07, 6.45) is 3.39. The van der Waals surface area contributed by atoms with Crippen molar-refractivity contribution >= 4 is 21.8 Å². The van der Waals surface area contributed by atoms with Gasteiger partial charge in [-0.05, 0) is 26.2 Å². The molecule has 0 aromatic heterocycles. The molecule has 11 heavy (non-hydrogen) atoms. The highest BCUT2D eigenvalue weighted by atomic mass is 79.9. The van der Waals surface area contributed by atoms with Crippen LogP contribution < -0.4 is 0 Å². The van der Waals surface area contributed by atoms with Crippen LogP contribution in [0.5, 0.6) is 0 Å². The quantitative estimate of drug-likeness (QED) is 0.611. The first-order chi connectivity index (χ1) is 5.11. The molecule has 1 aliphatic heterocycles. The Morgan fingerprint density at radius 2 is 2.27 bits per heavy atom. The number of carbonyl (C=O) groups excluding carboxylic acids is 1. The number of rotatable bonds is 1. The Hall–Kier alpha value is -0.0500. The third-order valence-electron chi connectivity index (χ3n) is 2.52. The Morgan fingerprint density at radius 3 is 2.64 bits per heavy atom. The van der Waals surface area contributed by atoms with Crippen molar-refractivity contribution in [2.24, 2.45) is 0 Å². The minimum Gasteiger partial charge on any atom is -0.338 e. The lowest BCUT2D eigenvalue weighted by molar-refractivity contribution is -0.129. The fourth-order valence-electron chi connectivity index (χ4n) is 1.57. The second-order valence-corrected chi connectivity index (χ2v) is 5.43. The molecule has 0 N–H and O–H groups in total. The summed E-state index contributed by atoms with van der Waals surface area (Å²) in [4.78, 5) is 13.6. The van der Waals surface area contributed by atoms with Crippen molar-refractivity contribution in [1.29, 1.82) is 0 Å². The van der Waals surface area contributed by atoms with Gasteiger partial charge in [0.25, 0.3) is 0 Å². The maximum Gasteiger partial charge on any atom is 0.239 e. The van der Waals surface area contributed by atoms with Crippen molar-refractivity contribution in [2.75, 3.05) is 6.54 Å². The second-order valence-electron chi connectivity index (χ2n) is 3.68. The summed E-state index contributed by atoms with van der Waals surface area (Å²) < 4.78 is -0.254. The Balaban J connectivity index is 2.11. The molecule has 1 unspecified atom stereocenters. The molecule has 1 saturated heterocycles. The van der Waals surface area contributed by atoms with Gasteiger partial charge in [0.1, 0.15) is 4.32 Å². The SMILES string of the molecule is CC1(Br)CCN(C2CC2)C1=O. The first-order valence-corrected chi connectivity index (χ1v) is 4.90. The third kappa shape index (κ3) is 1.19. The fraction of sp³-hybridized carbons (Fsp3) is 0.875. The normalized spacial score (nSPS) is 38.4. The van der Waals surface area contributed by atoms with Crippen molar-refractivity contribution in [2.45, 2.75) is 36.6 Å². The van der Waals surface area contributed by atoms with Crippen LogP contribution in [0.3, 0.4) is 0 Å². The topological polar surface area (TPSA) is 20.3 Å². The smallest absolute Gasteiger partial charge is 0.239 e. The largest absolute Gasteiger partial charge is 0.338 e. The van der Waals surface area contributed by atoms with E-state index in [1.807, 2.05) is 11.8 Å². The van der Waals surface area contributed by atoms with Gasteiger partial charge in [0.05, 0.1) is 0 Å². The number of likely N-dealkylation sites (tertiary alicyclic amines) is 1. The van der Waals surface area contributed by atoms with Gasteiger partial charge >= 0.3 is 0 Å². The molecule has 62 valence electrons. The summed E-state index contributed by atoms with van der Waals surface area (Å²) in [5.41, 5.74) is 0. The van der Waals surface area contributed by atoms with Crippen molar-refractivity contribution in [3.63, 3.8) is 0 Å². The molecule has 0 aromatic rings. The molecule has 2 fully saturated rings. The Morgan fingerprint density at radius 1 is 1.64 bits per heavy atom. The summed E-state index contributed by atoms with van der Waals surface area (Å²) in [5.74, 6) is 0.292. The maximum absolute atomic E-state index is 11.6. The van der Waals surface area contributed by atoms with Crippen molar-refractivity contribution < 1.29 is 4.79 Å². The van der Waals surface area contributed by atoms with E-state index in [9.17, 15) is 4.79 Å². The number of hydrogen-bond donors (Lipinski definition) is 0. The fourth-order valence-corrected chi connectivity index (χ4v) is 1.98. The van der Waals surface area contributed by atoms with Gasteiger partial charge in [0.2, 0.25) is 5.91 Å². The molecule has 3 heteroatoms. The summed E-state index contributed by atoms with van der Waals surface area (Å²) in [7, 11) is 0. The van der Waals surface area contributed by atoms with Crippen LogP contribution in [-0.2, 0) is 4.79 Å². The van der Waals surface area contributed by atoms with Crippen LogP contribution in [0.2, 0.25) is 0 Å². The molecule has 1 heterocycles. The van der Waals surface area contributed by atoms with Crippen LogP contribution in [-0.4, -0.2) is 27.7 Å². The van der Waals surface area contributed by atoms with E-state index in [1.165, 1.54) is 12.8 Å². The van der Waals surface area contributed by atoms with Crippen LogP contribution in [0.1, 0.15) is 26.2 Å². The van der Waals surface area contributed by atoms with Crippen LogP contribution in [0.4, 0.5) is 0 Å².